The van der Waals surface area contributed by atoms with E-state index >= 15 is 0 Å². The highest BCUT2D eigenvalue weighted by Gasteiger charge is 2.36. The van der Waals surface area contributed by atoms with Gasteiger partial charge < -0.3 is 30.2 Å². The predicted octanol–water partition coefficient (Wildman–Crippen LogP) is 6.11. The molecule has 0 unspecified atom stereocenters. The highest BCUT2D eigenvalue weighted by molar-refractivity contribution is 5.98. The maximum Gasteiger partial charge on any atom is 0.408 e. The molecule has 1 aliphatic rings. The topological polar surface area (TPSA) is 146 Å². The van der Waals surface area contributed by atoms with E-state index in [9.17, 15) is 19.5 Å². The number of hydrogen-bond acceptors (Lipinski definition) is 6. The molecule has 0 aliphatic carbocycles. The van der Waals surface area contributed by atoms with Gasteiger partial charge in [0.25, 0.3) is 0 Å². The second-order valence-corrected chi connectivity index (χ2v) is 11.6. The first-order valence-corrected chi connectivity index (χ1v) is 15.8. The van der Waals surface area contributed by atoms with E-state index in [0.717, 1.165) is 27.7 Å². The smallest absolute Gasteiger partial charge is 0.408 e. The molecule has 3 atom stereocenters. The Labute approximate surface area is 277 Å². The molecule has 1 fully saturated rings. The first-order valence-electron chi connectivity index (χ1n) is 15.8. The minimum atomic E-state index is -1.04. The molecule has 3 amide bonds. The normalized spacial score (nSPS) is 16.8. The van der Waals surface area contributed by atoms with Crippen molar-refractivity contribution in [3.8, 4) is 0 Å². The van der Waals surface area contributed by atoms with Crippen LogP contribution in [0.5, 0.6) is 0 Å². The number of H-pyrrole nitrogens is 1. The monoisotopic (exact) mass is 647 g/mol. The minimum absolute atomic E-state index is 0.163. The molecule has 48 heavy (non-hydrogen) atoms. The molecule has 0 spiro atoms. The van der Waals surface area contributed by atoms with Gasteiger partial charge in [-0.15, -0.1) is 0 Å². The Bertz CT molecular complexity index is 1790. The average Bonchev–Trinajstić information content (AvgIpc) is 3.56. The van der Waals surface area contributed by atoms with Crippen molar-refractivity contribution in [3.63, 3.8) is 0 Å². The van der Waals surface area contributed by atoms with Crippen LogP contribution >= 0.6 is 0 Å². The number of rotatable bonds is 10. The Balaban J connectivity index is 1.18. The fourth-order valence-corrected chi connectivity index (χ4v) is 6.23. The van der Waals surface area contributed by atoms with Crippen LogP contribution in [0.3, 0.4) is 0 Å². The molecule has 246 valence electrons. The van der Waals surface area contributed by atoms with Crippen LogP contribution in [-0.2, 0) is 20.7 Å². The van der Waals surface area contributed by atoms with Crippen LogP contribution in [-0.4, -0.2) is 70.5 Å². The molecule has 1 saturated heterocycles. The maximum atomic E-state index is 14.1. The number of anilines is 1. The molecule has 4 aromatic carbocycles. The predicted molar refractivity (Wildman–Crippen MR) is 181 cm³/mol. The van der Waals surface area contributed by atoms with E-state index in [0.29, 0.717) is 24.4 Å². The first-order chi connectivity index (χ1) is 23.4. The van der Waals surface area contributed by atoms with Gasteiger partial charge in [0.05, 0.1) is 37.4 Å². The number of aromatic amines is 1. The fraction of sp³-hybridized carbons (Fsp3) is 0.243. The van der Waals surface area contributed by atoms with Crippen LogP contribution in [0.25, 0.3) is 11.0 Å². The number of imidazole rings is 1. The summed E-state index contributed by atoms with van der Waals surface area (Å²) in [6, 6.07) is 32.5. The third-order valence-corrected chi connectivity index (χ3v) is 8.64. The lowest BCUT2D eigenvalue weighted by Gasteiger charge is -2.37. The summed E-state index contributed by atoms with van der Waals surface area (Å²) >= 11 is 0. The third-order valence-electron chi connectivity index (χ3n) is 8.64. The van der Waals surface area contributed by atoms with E-state index in [-0.39, 0.29) is 19.3 Å². The number of alkyl carbamates (subject to hydrolysis) is 1. The lowest BCUT2D eigenvalue weighted by atomic mass is 9.84. The highest BCUT2D eigenvalue weighted by Crippen LogP contribution is 2.31. The number of benzene rings is 4. The summed E-state index contributed by atoms with van der Waals surface area (Å²) in [4.78, 5) is 48.1. The van der Waals surface area contributed by atoms with E-state index in [2.05, 4.69) is 20.6 Å². The van der Waals surface area contributed by atoms with Gasteiger partial charge in [-0.3, -0.25) is 9.69 Å². The Morgan fingerprint density at radius 2 is 1.58 bits per heavy atom. The van der Waals surface area contributed by atoms with Gasteiger partial charge in [0, 0.05) is 11.6 Å². The van der Waals surface area contributed by atoms with Crippen LogP contribution in [0.1, 0.15) is 40.9 Å². The Morgan fingerprint density at radius 3 is 2.25 bits per heavy atom. The van der Waals surface area contributed by atoms with Crippen molar-refractivity contribution in [2.45, 2.75) is 36.9 Å². The van der Waals surface area contributed by atoms with E-state index in [1.54, 1.807) is 0 Å². The van der Waals surface area contributed by atoms with Crippen molar-refractivity contribution in [2.24, 2.45) is 0 Å². The second-order valence-electron chi connectivity index (χ2n) is 11.6. The number of carboxylic acid groups (broad SMARTS) is 1. The standard InChI is InChI=1S/C37H37N5O6/c1-47-36(44)41-33(32(25-13-4-2-5-14-25)26-15-6-3-7-16-26)35(43)40-28-17-9-8-12-24(28)20-21-27-22-42(37(45)46)31(23-48-27)34-38-29-18-10-11-19-30(29)39-34/h2-19,27,31-33H,20-23H2,1H3,(H,38,39)(H,40,43)(H,41,44)(H,45,46)/t27-,31+,33+/m1/s1. The number of methoxy groups -OCH3 is 1. The minimum Gasteiger partial charge on any atom is -0.465 e. The lowest BCUT2D eigenvalue weighted by Crippen LogP contribution is -2.48. The number of carbonyl (C=O) groups excluding carboxylic acids is 2. The number of fused-ring (bicyclic) bond motifs is 1. The van der Waals surface area contributed by atoms with Gasteiger partial charge >= 0.3 is 12.2 Å². The largest absolute Gasteiger partial charge is 0.465 e. The van der Waals surface area contributed by atoms with Crippen LogP contribution in [0, 0.1) is 0 Å². The summed E-state index contributed by atoms with van der Waals surface area (Å²) in [5.74, 6) is -0.370. The summed E-state index contributed by atoms with van der Waals surface area (Å²) in [6.07, 6.45) is -1.10. The fourth-order valence-electron chi connectivity index (χ4n) is 6.23. The molecular weight excluding hydrogens is 610 g/mol. The summed E-state index contributed by atoms with van der Waals surface area (Å²) in [5, 5.41) is 15.9. The molecule has 5 aromatic rings. The molecule has 0 bridgehead atoms. The number of amides is 3. The van der Waals surface area contributed by atoms with E-state index in [1.807, 2.05) is 109 Å². The molecule has 6 rings (SSSR count). The molecular formula is C37H37N5O6. The average molecular weight is 648 g/mol. The molecule has 1 aliphatic heterocycles. The Kier molecular flexibility index (Phi) is 9.96. The number of hydrogen-bond donors (Lipinski definition) is 4. The number of morpholine rings is 1. The van der Waals surface area contributed by atoms with Gasteiger partial charge in [-0.1, -0.05) is 91.0 Å². The molecule has 0 radical (unpaired) electrons. The maximum absolute atomic E-state index is 14.1. The van der Waals surface area contributed by atoms with Crippen molar-refractivity contribution in [1.29, 1.82) is 0 Å². The third kappa shape index (κ3) is 7.31. The Morgan fingerprint density at radius 1 is 0.938 bits per heavy atom. The number of aromatic nitrogens is 2. The second kappa shape index (κ2) is 14.8. The molecule has 0 saturated carbocycles. The van der Waals surface area contributed by atoms with Crippen molar-refractivity contribution >= 4 is 34.8 Å². The first kappa shape index (κ1) is 32.3. The Hall–Kier alpha value is -5.68. The van der Waals surface area contributed by atoms with Gasteiger partial charge in [0.1, 0.15) is 17.9 Å². The molecule has 11 heteroatoms. The van der Waals surface area contributed by atoms with E-state index in [1.165, 1.54) is 12.0 Å². The number of aryl methyl sites for hydroxylation is 1. The van der Waals surface area contributed by atoms with Crippen LogP contribution < -0.4 is 10.6 Å². The van der Waals surface area contributed by atoms with Crippen molar-refractivity contribution < 1.29 is 29.0 Å². The quantitative estimate of drug-likeness (QED) is 0.143. The van der Waals surface area contributed by atoms with E-state index < -0.39 is 36.1 Å². The van der Waals surface area contributed by atoms with Gasteiger partial charge in [0.15, 0.2) is 0 Å². The number of ether oxygens (including phenoxy) is 2. The zero-order valence-corrected chi connectivity index (χ0v) is 26.4. The van der Waals surface area contributed by atoms with Crippen molar-refractivity contribution in [2.75, 3.05) is 25.6 Å². The summed E-state index contributed by atoms with van der Waals surface area (Å²) in [6.45, 7) is 0.336. The van der Waals surface area contributed by atoms with Crippen molar-refractivity contribution in [3.05, 3.63) is 132 Å². The lowest BCUT2D eigenvalue weighted by molar-refractivity contribution is -0.118. The van der Waals surface area contributed by atoms with Crippen molar-refractivity contribution in [1.82, 2.24) is 20.2 Å². The molecule has 1 aromatic heterocycles. The number of para-hydroxylation sites is 3. The zero-order chi connectivity index (χ0) is 33.5. The van der Waals surface area contributed by atoms with Gasteiger partial charge in [-0.05, 0) is 47.7 Å². The van der Waals surface area contributed by atoms with Crippen LogP contribution in [0.15, 0.2) is 109 Å². The SMILES string of the molecule is COC(=O)N[C@H](C(=O)Nc1ccccc1CC[C@@H]1CN(C(=O)O)[C@H](c2nc3ccccc3[nH]2)CO1)C(c1ccccc1)c1ccccc1. The number of carbonyl (C=O) groups is 3. The van der Waals surface area contributed by atoms with Crippen LogP contribution in [0.4, 0.5) is 15.3 Å². The number of nitrogens with one attached hydrogen (secondary N) is 3. The van der Waals surface area contributed by atoms with Gasteiger partial charge in [-0.2, -0.15) is 0 Å². The highest BCUT2D eigenvalue weighted by atomic mass is 16.5. The summed E-state index contributed by atoms with van der Waals surface area (Å²) < 4.78 is 11.1. The summed E-state index contributed by atoms with van der Waals surface area (Å²) in [5.41, 5.74) is 4.75. The van der Waals surface area contributed by atoms with Crippen LogP contribution in [0.2, 0.25) is 0 Å². The van der Waals surface area contributed by atoms with Gasteiger partial charge in [-0.25, -0.2) is 14.6 Å². The molecule has 2 heterocycles. The summed E-state index contributed by atoms with van der Waals surface area (Å²) in [7, 11) is 1.26. The van der Waals surface area contributed by atoms with E-state index in [4.69, 9.17) is 9.47 Å². The molecule has 4 N–H and O–H groups in total. The van der Waals surface area contributed by atoms with Gasteiger partial charge in [0.2, 0.25) is 5.91 Å². The molecule has 11 nitrogen and oxygen atoms in total. The number of nitrogens with zero attached hydrogens (tertiary/aromatic N) is 2. The zero-order valence-electron chi connectivity index (χ0n) is 26.4.